The van der Waals surface area contributed by atoms with Crippen LogP contribution in [0.25, 0.3) is 0 Å². The normalized spacial score (nSPS) is 10.6. The van der Waals surface area contributed by atoms with E-state index in [1.807, 2.05) is 12.3 Å². The molecule has 2 aromatic carbocycles. The first kappa shape index (κ1) is 19.6. The van der Waals surface area contributed by atoms with E-state index in [2.05, 4.69) is 10.4 Å². The SMILES string of the molecule is COc1ccc(Oc2ccc(Cl)cc2NC(=O)c2ccc(Cn3cccn3)o2)cc1. The molecule has 4 rings (SSSR count). The summed E-state index contributed by atoms with van der Waals surface area (Å²) in [4.78, 5) is 12.7. The van der Waals surface area contributed by atoms with Crippen molar-refractivity contribution in [3.63, 3.8) is 0 Å². The topological polar surface area (TPSA) is 78.5 Å². The smallest absolute Gasteiger partial charge is 0.291 e. The fourth-order valence-corrected chi connectivity index (χ4v) is 2.95. The minimum absolute atomic E-state index is 0.174. The first-order valence-corrected chi connectivity index (χ1v) is 9.47. The van der Waals surface area contributed by atoms with E-state index in [4.69, 9.17) is 25.5 Å². The number of anilines is 1. The second-order valence-corrected chi connectivity index (χ2v) is 6.78. The van der Waals surface area contributed by atoms with Crippen LogP contribution >= 0.6 is 11.6 Å². The van der Waals surface area contributed by atoms with E-state index in [0.717, 1.165) is 5.75 Å². The molecule has 7 nitrogen and oxygen atoms in total. The molecule has 0 saturated carbocycles. The number of ether oxygens (including phenoxy) is 2. The number of amides is 1. The number of carbonyl (C=O) groups is 1. The zero-order chi connectivity index (χ0) is 20.9. The third kappa shape index (κ3) is 4.64. The number of nitrogens with one attached hydrogen (secondary N) is 1. The van der Waals surface area contributed by atoms with Gasteiger partial charge in [0.05, 0.1) is 19.3 Å². The Labute approximate surface area is 177 Å². The van der Waals surface area contributed by atoms with Crippen LogP contribution in [0.3, 0.4) is 0 Å². The van der Waals surface area contributed by atoms with E-state index >= 15 is 0 Å². The van der Waals surface area contributed by atoms with Gasteiger partial charge in [-0.15, -0.1) is 0 Å². The van der Waals surface area contributed by atoms with Gasteiger partial charge in [0, 0.05) is 17.4 Å². The summed E-state index contributed by atoms with van der Waals surface area (Å²) >= 11 is 6.12. The predicted octanol–water partition coefficient (Wildman–Crippen LogP) is 5.23. The first-order valence-electron chi connectivity index (χ1n) is 9.09. The fraction of sp³-hybridized carbons (Fsp3) is 0.0909. The lowest BCUT2D eigenvalue weighted by atomic mass is 10.2. The number of furan rings is 1. The number of hydrogen-bond acceptors (Lipinski definition) is 5. The summed E-state index contributed by atoms with van der Waals surface area (Å²) in [5.74, 6) is 2.13. The van der Waals surface area contributed by atoms with Crippen molar-refractivity contribution in [2.75, 3.05) is 12.4 Å². The van der Waals surface area contributed by atoms with Crippen molar-refractivity contribution in [1.82, 2.24) is 9.78 Å². The molecular weight excluding hydrogens is 406 g/mol. The predicted molar refractivity (Wildman–Crippen MR) is 113 cm³/mol. The van der Waals surface area contributed by atoms with Crippen molar-refractivity contribution in [2.45, 2.75) is 6.54 Å². The van der Waals surface area contributed by atoms with Gasteiger partial charge in [0.1, 0.15) is 17.3 Å². The van der Waals surface area contributed by atoms with Crippen molar-refractivity contribution in [2.24, 2.45) is 0 Å². The highest BCUT2D eigenvalue weighted by Gasteiger charge is 2.15. The first-order chi connectivity index (χ1) is 14.6. The van der Waals surface area contributed by atoms with Gasteiger partial charge in [-0.05, 0) is 60.7 Å². The molecular formula is C22H18ClN3O4. The molecule has 1 N–H and O–H groups in total. The third-order valence-corrected chi connectivity index (χ3v) is 4.47. The van der Waals surface area contributed by atoms with Crippen molar-refractivity contribution in [3.05, 3.63) is 89.6 Å². The molecule has 0 atom stereocenters. The summed E-state index contributed by atoms with van der Waals surface area (Å²) in [6.45, 7) is 0.434. The number of rotatable bonds is 7. The lowest BCUT2D eigenvalue weighted by molar-refractivity contribution is 0.0994. The Kier molecular flexibility index (Phi) is 5.72. The second kappa shape index (κ2) is 8.75. The summed E-state index contributed by atoms with van der Waals surface area (Å²) in [6, 6.07) is 17.3. The van der Waals surface area contributed by atoms with Gasteiger partial charge in [-0.1, -0.05) is 11.6 Å². The Morgan fingerprint density at radius 1 is 1.13 bits per heavy atom. The summed E-state index contributed by atoms with van der Waals surface area (Å²) in [7, 11) is 1.60. The van der Waals surface area contributed by atoms with E-state index < -0.39 is 5.91 Å². The fourth-order valence-electron chi connectivity index (χ4n) is 2.78. The Hall–Kier alpha value is -3.71. The van der Waals surface area contributed by atoms with Gasteiger partial charge in [-0.25, -0.2) is 0 Å². The Morgan fingerprint density at radius 3 is 2.67 bits per heavy atom. The monoisotopic (exact) mass is 423 g/mol. The highest BCUT2D eigenvalue weighted by molar-refractivity contribution is 6.31. The molecule has 0 fully saturated rings. The number of benzene rings is 2. The molecule has 30 heavy (non-hydrogen) atoms. The lowest BCUT2D eigenvalue weighted by Gasteiger charge is -2.12. The van der Waals surface area contributed by atoms with E-state index in [0.29, 0.717) is 34.5 Å². The Balaban J connectivity index is 1.50. The van der Waals surface area contributed by atoms with Crippen molar-refractivity contribution >= 4 is 23.2 Å². The van der Waals surface area contributed by atoms with Gasteiger partial charge in [0.2, 0.25) is 0 Å². The molecule has 0 aliphatic rings. The van der Waals surface area contributed by atoms with E-state index in [1.54, 1.807) is 72.6 Å². The van der Waals surface area contributed by atoms with E-state index in [9.17, 15) is 4.79 Å². The van der Waals surface area contributed by atoms with Crippen LogP contribution in [0.1, 0.15) is 16.3 Å². The summed E-state index contributed by atoms with van der Waals surface area (Å²) < 4.78 is 18.4. The van der Waals surface area contributed by atoms with Crippen molar-refractivity contribution < 1.29 is 18.7 Å². The molecule has 8 heteroatoms. The zero-order valence-electron chi connectivity index (χ0n) is 16.0. The maximum absolute atomic E-state index is 12.7. The van der Waals surface area contributed by atoms with Gasteiger partial charge < -0.3 is 19.2 Å². The van der Waals surface area contributed by atoms with Crippen LogP contribution in [-0.2, 0) is 6.54 Å². The van der Waals surface area contributed by atoms with Crippen LogP contribution in [0.4, 0.5) is 5.69 Å². The van der Waals surface area contributed by atoms with Gasteiger partial charge in [-0.3, -0.25) is 9.48 Å². The zero-order valence-corrected chi connectivity index (χ0v) is 16.8. The molecule has 0 unspecified atom stereocenters. The van der Waals surface area contributed by atoms with Crippen LogP contribution < -0.4 is 14.8 Å². The van der Waals surface area contributed by atoms with Crippen LogP contribution in [0.5, 0.6) is 17.2 Å². The maximum Gasteiger partial charge on any atom is 0.291 e. The average Bonchev–Trinajstić information content (AvgIpc) is 3.43. The number of methoxy groups -OCH3 is 1. The standard InChI is InChI=1S/C22H18ClN3O4/c1-28-16-4-6-17(7-5-16)29-20-9-3-15(23)13-19(20)25-22(27)21-10-8-18(30-21)14-26-12-2-11-24-26/h2-13H,14H2,1H3,(H,25,27). The minimum atomic E-state index is -0.413. The third-order valence-electron chi connectivity index (χ3n) is 4.24. The largest absolute Gasteiger partial charge is 0.497 e. The molecule has 0 radical (unpaired) electrons. The highest BCUT2D eigenvalue weighted by Crippen LogP contribution is 2.33. The van der Waals surface area contributed by atoms with Crippen LogP contribution in [0, 0.1) is 0 Å². The van der Waals surface area contributed by atoms with E-state index in [1.165, 1.54) is 0 Å². The van der Waals surface area contributed by atoms with Gasteiger partial charge in [-0.2, -0.15) is 5.10 Å². The number of nitrogens with zero attached hydrogens (tertiary/aromatic N) is 2. The van der Waals surface area contributed by atoms with Crippen LogP contribution in [0.15, 0.2) is 77.5 Å². The number of hydrogen-bond donors (Lipinski definition) is 1. The quantitative estimate of drug-likeness (QED) is 0.440. The van der Waals surface area contributed by atoms with Crippen molar-refractivity contribution in [1.29, 1.82) is 0 Å². The molecule has 0 bridgehead atoms. The van der Waals surface area contributed by atoms with Gasteiger partial charge >= 0.3 is 0 Å². The lowest BCUT2D eigenvalue weighted by Crippen LogP contribution is -2.11. The van der Waals surface area contributed by atoms with Crippen LogP contribution in [0.2, 0.25) is 5.02 Å². The summed E-state index contributed by atoms with van der Waals surface area (Å²) in [6.07, 6.45) is 3.50. The maximum atomic E-state index is 12.7. The van der Waals surface area contributed by atoms with E-state index in [-0.39, 0.29) is 5.76 Å². The Bertz CT molecular complexity index is 1140. The molecule has 152 valence electrons. The number of carbonyl (C=O) groups excluding carboxylic acids is 1. The molecule has 0 spiro atoms. The highest BCUT2D eigenvalue weighted by atomic mass is 35.5. The molecule has 4 aromatic rings. The minimum Gasteiger partial charge on any atom is -0.497 e. The summed E-state index contributed by atoms with van der Waals surface area (Å²) in [5.41, 5.74) is 0.424. The molecule has 2 heterocycles. The van der Waals surface area contributed by atoms with Crippen molar-refractivity contribution in [3.8, 4) is 17.2 Å². The van der Waals surface area contributed by atoms with Crippen LogP contribution in [-0.4, -0.2) is 22.8 Å². The summed E-state index contributed by atoms with van der Waals surface area (Å²) in [5, 5.41) is 7.38. The molecule has 0 aliphatic carbocycles. The average molecular weight is 424 g/mol. The molecule has 0 saturated heterocycles. The Morgan fingerprint density at radius 2 is 1.93 bits per heavy atom. The second-order valence-electron chi connectivity index (χ2n) is 6.34. The molecule has 2 aromatic heterocycles. The number of halogens is 1. The molecule has 0 aliphatic heterocycles. The van der Waals surface area contributed by atoms with Gasteiger partial charge in [0.15, 0.2) is 11.5 Å². The number of aromatic nitrogens is 2. The molecule has 1 amide bonds. The van der Waals surface area contributed by atoms with Gasteiger partial charge in [0.25, 0.3) is 5.91 Å².